The summed E-state index contributed by atoms with van der Waals surface area (Å²) in [6.07, 6.45) is 7.68. The number of nitrogens with zero attached hydrogens (tertiary/aromatic N) is 3. The number of benzene rings is 1. The largest absolute Gasteiger partial charge is 0.280 e. The van der Waals surface area contributed by atoms with Gasteiger partial charge in [0.2, 0.25) is 0 Å². The van der Waals surface area contributed by atoms with Gasteiger partial charge in [0.05, 0.1) is 6.04 Å². The molecule has 116 valence electrons. The van der Waals surface area contributed by atoms with Gasteiger partial charge in [-0.2, -0.15) is 5.26 Å². The van der Waals surface area contributed by atoms with Crippen LogP contribution >= 0.6 is 0 Å². The highest BCUT2D eigenvalue weighted by Crippen LogP contribution is 2.32. The highest BCUT2D eigenvalue weighted by Gasteiger charge is 2.19. The van der Waals surface area contributed by atoms with E-state index in [2.05, 4.69) is 34.6 Å². The van der Waals surface area contributed by atoms with Crippen molar-refractivity contribution >= 4 is 5.84 Å². The van der Waals surface area contributed by atoms with Gasteiger partial charge in [0.15, 0.2) is 6.19 Å². The van der Waals surface area contributed by atoms with Crippen molar-refractivity contribution < 1.29 is 0 Å². The van der Waals surface area contributed by atoms with Crippen LogP contribution in [-0.2, 0) is 12.8 Å². The Hall–Kier alpha value is -2.67. The molecule has 0 saturated carbocycles. The number of aryl methyl sites for hydroxylation is 2. The van der Waals surface area contributed by atoms with Crippen LogP contribution in [0.15, 0.2) is 47.6 Å². The Morgan fingerprint density at radius 2 is 2.22 bits per heavy atom. The zero-order valence-corrected chi connectivity index (χ0v) is 13.3. The number of nitrogens with one attached hydrogen (secondary N) is 1. The van der Waals surface area contributed by atoms with Gasteiger partial charge in [-0.15, -0.1) is 0 Å². The van der Waals surface area contributed by atoms with Crippen molar-refractivity contribution in [2.45, 2.75) is 38.6 Å². The first kappa shape index (κ1) is 15.2. The van der Waals surface area contributed by atoms with E-state index >= 15 is 0 Å². The number of hydrogen-bond acceptors (Lipinski definition) is 3. The van der Waals surface area contributed by atoms with Crippen LogP contribution < -0.4 is 5.32 Å². The predicted molar refractivity (Wildman–Crippen MR) is 91.0 cm³/mol. The molecule has 23 heavy (non-hydrogen) atoms. The standard InChI is InChI=1S/C19H20N4/c1-14-16(8-5-11-21-14)12-19(22-13-20)23-18-10-4-7-15-6-2-3-9-17(15)18/h2-3,5-6,8-9,11,18H,4,7,10,12H2,1H3,(H,22,23). The Morgan fingerprint density at radius 1 is 1.35 bits per heavy atom. The normalized spacial score (nSPS) is 17.2. The molecular weight excluding hydrogens is 284 g/mol. The maximum absolute atomic E-state index is 9.05. The molecule has 1 aliphatic carbocycles. The molecule has 4 nitrogen and oxygen atoms in total. The fourth-order valence-electron chi connectivity index (χ4n) is 3.12. The summed E-state index contributed by atoms with van der Waals surface area (Å²) >= 11 is 0. The Labute approximate surface area is 136 Å². The van der Waals surface area contributed by atoms with Crippen molar-refractivity contribution in [1.82, 2.24) is 10.3 Å². The molecule has 0 bridgehead atoms. The number of rotatable bonds is 3. The van der Waals surface area contributed by atoms with Gasteiger partial charge >= 0.3 is 0 Å². The van der Waals surface area contributed by atoms with Crippen molar-refractivity contribution in [2.24, 2.45) is 4.99 Å². The first-order chi connectivity index (χ1) is 11.3. The van der Waals surface area contributed by atoms with Crippen LogP contribution in [0.4, 0.5) is 0 Å². The van der Waals surface area contributed by atoms with E-state index in [1.54, 1.807) is 6.20 Å². The van der Waals surface area contributed by atoms with Gasteiger partial charge in [0.1, 0.15) is 5.84 Å². The van der Waals surface area contributed by atoms with Gasteiger partial charge in [-0.3, -0.25) is 15.3 Å². The van der Waals surface area contributed by atoms with Crippen molar-refractivity contribution in [2.75, 3.05) is 0 Å². The van der Waals surface area contributed by atoms with Crippen LogP contribution in [-0.4, -0.2) is 10.8 Å². The molecule has 1 heterocycles. The summed E-state index contributed by atoms with van der Waals surface area (Å²) in [5.41, 5.74) is 4.74. The molecule has 1 aliphatic rings. The predicted octanol–water partition coefficient (Wildman–Crippen LogP) is 3.48. The lowest BCUT2D eigenvalue weighted by molar-refractivity contribution is 0.570. The van der Waals surface area contributed by atoms with Crippen LogP contribution in [0, 0.1) is 18.4 Å². The molecule has 1 N–H and O–H groups in total. The topological polar surface area (TPSA) is 61.1 Å². The fourth-order valence-corrected chi connectivity index (χ4v) is 3.12. The molecule has 0 fully saturated rings. The smallest absolute Gasteiger partial charge is 0.182 e. The molecule has 3 rings (SSSR count). The van der Waals surface area contributed by atoms with Gasteiger partial charge in [-0.05, 0) is 48.9 Å². The van der Waals surface area contributed by atoms with Crippen LogP contribution in [0.3, 0.4) is 0 Å². The summed E-state index contributed by atoms with van der Waals surface area (Å²) in [6.45, 7) is 1.98. The molecule has 1 atom stereocenters. The van der Waals surface area contributed by atoms with Crippen molar-refractivity contribution in [3.63, 3.8) is 0 Å². The molecule has 0 aliphatic heterocycles. The van der Waals surface area contributed by atoms with Gasteiger partial charge in [0.25, 0.3) is 0 Å². The summed E-state index contributed by atoms with van der Waals surface area (Å²) < 4.78 is 0. The molecule has 1 aromatic carbocycles. The van der Waals surface area contributed by atoms with E-state index in [1.165, 1.54) is 11.1 Å². The molecule has 0 saturated heterocycles. The van der Waals surface area contributed by atoms with Crippen LogP contribution in [0.25, 0.3) is 0 Å². The average molecular weight is 304 g/mol. The number of aromatic nitrogens is 1. The highest BCUT2D eigenvalue weighted by atomic mass is 15.0. The van der Waals surface area contributed by atoms with Crippen molar-refractivity contribution in [1.29, 1.82) is 5.26 Å². The number of amidine groups is 1. The minimum absolute atomic E-state index is 0.132. The first-order valence-electron chi connectivity index (χ1n) is 7.98. The van der Waals surface area contributed by atoms with Crippen LogP contribution in [0.1, 0.15) is 41.3 Å². The maximum atomic E-state index is 9.05. The van der Waals surface area contributed by atoms with E-state index in [-0.39, 0.29) is 6.04 Å². The van der Waals surface area contributed by atoms with Crippen LogP contribution in [0.2, 0.25) is 0 Å². The molecule has 0 radical (unpaired) electrons. The SMILES string of the molecule is Cc1ncccc1CC(=NC1CCCc2ccccc21)NC#N. The molecule has 0 amide bonds. The Bertz CT molecular complexity index is 758. The van der Waals surface area contributed by atoms with E-state index in [1.807, 2.05) is 25.2 Å². The van der Waals surface area contributed by atoms with Gasteiger partial charge in [-0.1, -0.05) is 30.3 Å². The lowest BCUT2D eigenvalue weighted by Gasteiger charge is -2.23. The van der Waals surface area contributed by atoms with E-state index in [0.29, 0.717) is 12.3 Å². The zero-order chi connectivity index (χ0) is 16.1. The second kappa shape index (κ2) is 7.06. The monoisotopic (exact) mass is 304 g/mol. The van der Waals surface area contributed by atoms with E-state index in [4.69, 9.17) is 10.3 Å². The maximum Gasteiger partial charge on any atom is 0.182 e. The Kier molecular flexibility index (Phi) is 4.68. The van der Waals surface area contributed by atoms with Crippen molar-refractivity contribution in [3.8, 4) is 6.19 Å². The Morgan fingerprint density at radius 3 is 3.04 bits per heavy atom. The molecule has 2 aromatic rings. The van der Waals surface area contributed by atoms with Crippen LogP contribution in [0.5, 0.6) is 0 Å². The highest BCUT2D eigenvalue weighted by molar-refractivity contribution is 5.86. The zero-order valence-electron chi connectivity index (χ0n) is 13.3. The number of nitriles is 1. The third-order valence-corrected chi connectivity index (χ3v) is 4.32. The van der Waals surface area contributed by atoms with Gasteiger partial charge in [0, 0.05) is 18.3 Å². The Balaban J connectivity index is 1.89. The van der Waals surface area contributed by atoms with Crippen molar-refractivity contribution in [3.05, 3.63) is 65.0 Å². The first-order valence-corrected chi connectivity index (χ1v) is 7.98. The molecule has 1 aromatic heterocycles. The quantitative estimate of drug-likeness (QED) is 0.409. The number of fused-ring (bicyclic) bond motifs is 1. The van der Waals surface area contributed by atoms with Gasteiger partial charge < -0.3 is 0 Å². The summed E-state index contributed by atoms with van der Waals surface area (Å²) in [5, 5.41) is 11.8. The summed E-state index contributed by atoms with van der Waals surface area (Å²) in [7, 11) is 0. The van der Waals surface area contributed by atoms with E-state index in [0.717, 1.165) is 30.5 Å². The van der Waals surface area contributed by atoms with E-state index < -0.39 is 0 Å². The lowest BCUT2D eigenvalue weighted by Crippen LogP contribution is -2.23. The molecule has 4 heteroatoms. The fraction of sp³-hybridized carbons (Fsp3) is 0.316. The number of aliphatic imine (C=N–C) groups is 1. The third-order valence-electron chi connectivity index (χ3n) is 4.32. The molecular formula is C19H20N4. The third kappa shape index (κ3) is 3.57. The minimum atomic E-state index is 0.132. The number of hydrogen-bond donors (Lipinski definition) is 1. The van der Waals surface area contributed by atoms with Gasteiger partial charge in [-0.25, -0.2) is 0 Å². The summed E-state index contributed by atoms with van der Waals surface area (Å²) in [5.74, 6) is 0.713. The summed E-state index contributed by atoms with van der Waals surface area (Å²) in [6, 6.07) is 12.6. The minimum Gasteiger partial charge on any atom is -0.280 e. The average Bonchev–Trinajstić information content (AvgIpc) is 2.57. The lowest BCUT2D eigenvalue weighted by atomic mass is 9.88. The molecule has 0 spiro atoms. The van der Waals surface area contributed by atoms with E-state index in [9.17, 15) is 0 Å². The second-order valence-electron chi connectivity index (χ2n) is 5.84. The molecule has 1 unspecified atom stereocenters. The second-order valence-corrected chi connectivity index (χ2v) is 5.84. The summed E-state index contributed by atoms with van der Waals surface area (Å²) in [4.78, 5) is 9.17. The number of pyridine rings is 1.